The zero-order valence-corrected chi connectivity index (χ0v) is 9.92. The molecule has 0 aromatic carbocycles. The van der Waals surface area contributed by atoms with Crippen molar-refractivity contribution in [2.75, 3.05) is 5.33 Å². The molecule has 2 rings (SSSR count). The summed E-state index contributed by atoms with van der Waals surface area (Å²) in [6.07, 6.45) is -2.30. The van der Waals surface area contributed by atoms with Gasteiger partial charge in [0.2, 0.25) is 0 Å². The fourth-order valence-electron chi connectivity index (χ4n) is 1.42. The lowest BCUT2D eigenvalue weighted by Crippen LogP contribution is -2.09. The Balaban J connectivity index is 2.62. The Morgan fingerprint density at radius 3 is 2.71 bits per heavy atom. The quantitative estimate of drug-likeness (QED) is 0.631. The van der Waals surface area contributed by atoms with Crippen LogP contribution in [0.3, 0.4) is 0 Å². The Kier molecular flexibility index (Phi) is 2.94. The third kappa shape index (κ3) is 2.19. The van der Waals surface area contributed by atoms with E-state index in [9.17, 15) is 18.0 Å². The summed E-state index contributed by atoms with van der Waals surface area (Å²) in [5.41, 5.74) is -0.378. The van der Waals surface area contributed by atoms with Crippen molar-refractivity contribution in [3.05, 3.63) is 35.8 Å². The van der Waals surface area contributed by atoms with E-state index in [4.69, 9.17) is 0 Å². The number of ketones is 1. The molecular weight excluding hydrogens is 301 g/mol. The van der Waals surface area contributed by atoms with Crippen molar-refractivity contribution in [1.29, 1.82) is 0 Å². The highest BCUT2D eigenvalue weighted by atomic mass is 79.9. The van der Waals surface area contributed by atoms with Gasteiger partial charge in [0, 0.05) is 6.20 Å². The Morgan fingerprint density at radius 1 is 1.41 bits per heavy atom. The summed E-state index contributed by atoms with van der Waals surface area (Å²) < 4.78 is 38.7. The molecule has 17 heavy (non-hydrogen) atoms. The lowest BCUT2D eigenvalue weighted by molar-refractivity contribution is -0.137. The summed E-state index contributed by atoms with van der Waals surface area (Å²) >= 11 is 2.97. The molecule has 3 nitrogen and oxygen atoms in total. The molecule has 2 aromatic rings. The number of halogens is 4. The highest BCUT2D eigenvalue weighted by Gasteiger charge is 2.31. The van der Waals surface area contributed by atoms with Crippen molar-refractivity contribution >= 4 is 27.4 Å². The highest BCUT2D eigenvalue weighted by Crippen LogP contribution is 2.29. The average Bonchev–Trinajstić information content (AvgIpc) is 2.69. The van der Waals surface area contributed by atoms with Crippen LogP contribution in [-0.4, -0.2) is 20.5 Å². The number of Topliss-reactive ketones (excluding diaryl/α,β-unsaturated/α-hetero) is 1. The van der Waals surface area contributed by atoms with Crippen LogP contribution >= 0.6 is 15.9 Å². The van der Waals surface area contributed by atoms with Crippen molar-refractivity contribution in [3.63, 3.8) is 0 Å². The maximum Gasteiger partial charge on any atom is 0.417 e. The summed E-state index contributed by atoms with van der Waals surface area (Å²) in [4.78, 5) is 15.3. The number of aromatic nitrogens is 2. The van der Waals surface area contributed by atoms with E-state index in [1.807, 2.05) is 0 Å². The predicted octanol–water partition coefficient (Wildman–Crippen LogP) is 2.93. The molecule has 0 fully saturated rings. The van der Waals surface area contributed by atoms with Gasteiger partial charge in [0.15, 0.2) is 5.78 Å². The number of rotatable bonds is 2. The maximum absolute atomic E-state index is 12.5. The number of hydrogen-bond acceptors (Lipinski definition) is 2. The van der Waals surface area contributed by atoms with Crippen LogP contribution in [0.5, 0.6) is 0 Å². The second-order valence-corrected chi connectivity index (χ2v) is 3.90. The van der Waals surface area contributed by atoms with Gasteiger partial charge >= 0.3 is 6.18 Å². The van der Waals surface area contributed by atoms with Gasteiger partial charge in [-0.1, -0.05) is 15.9 Å². The van der Waals surface area contributed by atoms with E-state index in [0.717, 1.165) is 16.7 Å². The van der Waals surface area contributed by atoms with Crippen LogP contribution in [-0.2, 0) is 6.18 Å². The fraction of sp³-hybridized carbons (Fsp3) is 0.200. The Bertz CT molecular complexity index is 576. The Hall–Kier alpha value is -1.37. The summed E-state index contributed by atoms with van der Waals surface area (Å²) in [7, 11) is 0. The molecule has 0 radical (unpaired) electrons. The molecule has 2 aromatic heterocycles. The van der Waals surface area contributed by atoms with Crippen LogP contribution in [0.1, 0.15) is 16.1 Å². The van der Waals surface area contributed by atoms with Gasteiger partial charge in [0.05, 0.1) is 17.1 Å². The second kappa shape index (κ2) is 4.14. The van der Waals surface area contributed by atoms with E-state index in [0.29, 0.717) is 5.65 Å². The van der Waals surface area contributed by atoms with Gasteiger partial charge in [-0.25, -0.2) is 4.98 Å². The molecule has 7 heteroatoms. The minimum absolute atomic E-state index is 0.0387. The number of carbonyl (C=O) groups excluding carboxylic acids is 1. The molecule has 0 amide bonds. The van der Waals surface area contributed by atoms with Crippen LogP contribution in [0.4, 0.5) is 13.2 Å². The van der Waals surface area contributed by atoms with Gasteiger partial charge in [0.1, 0.15) is 11.3 Å². The number of fused-ring (bicyclic) bond motifs is 1. The lowest BCUT2D eigenvalue weighted by Gasteiger charge is -2.07. The van der Waals surface area contributed by atoms with E-state index >= 15 is 0 Å². The molecule has 0 bridgehead atoms. The van der Waals surface area contributed by atoms with Gasteiger partial charge in [-0.15, -0.1) is 0 Å². The molecular formula is C10H6BrF3N2O. The smallest absolute Gasteiger partial charge is 0.296 e. The number of pyridine rings is 1. The van der Waals surface area contributed by atoms with E-state index in [-0.39, 0.29) is 16.8 Å². The Labute approximate surface area is 102 Å². The zero-order chi connectivity index (χ0) is 12.6. The van der Waals surface area contributed by atoms with Gasteiger partial charge < -0.3 is 0 Å². The summed E-state index contributed by atoms with van der Waals surface area (Å²) in [5, 5.41) is 0.0387. The predicted molar refractivity (Wildman–Crippen MR) is 58.3 cm³/mol. The first-order valence-corrected chi connectivity index (χ1v) is 5.69. The average molecular weight is 307 g/mol. The van der Waals surface area contributed by atoms with Crippen molar-refractivity contribution in [3.8, 4) is 0 Å². The molecule has 0 atom stereocenters. The van der Waals surface area contributed by atoms with Crippen LogP contribution < -0.4 is 0 Å². The normalized spacial score (nSPS) is 12.0. The molecule has 0 saturated heterocycles. The fourth-order valence-corrected chi connectivity index (χ4v) is 1.71. The third-order valence-electron chi connectivity index (χ3n) is 2.24. The first kappa shape index (κ1) is 12.1. The highest BCUT2D eigenvalue weighted by molar-refractivity contribution is 9.09. The number of hydrogen-bond donors (Lipinski definition) is 0. The van der Waals surface area contributed by atoms with Crippen LogP contribution in [0, 0.1) is 0 Å². The number of nitrogens with zero attached hydrogens (tertiary/aromatic N) is 2. The van der Waals surface area contributed by atoms with Gasteiger partial charge in [-0.3, -0.25) is 9.20 Å². The van der Waals surface area contributed by atoms with E-state index < -0.39 is 11.7 Å². The van der Waals surface area contributed by atoms with Crippen molar-refractivity contribution < 1.29 is 18.0 Å². The first-order valence-electron chi connectivity index (χ1n) is 4.57. The number of imidazole rings is 1. The lowest BCUT2D eigenvalue weighted by atomic mass is 10.2. The van der Waals surface area contributed by atoms with E-state index in [2.05, 4.69) is 20.9 Å². The molecule has 2 heterocycles. The van der Waals surface area contributed by atoms with Gasteiger partial charge in [0.25, 0.3) is 0 Å². The Morgan fingerprint density at radius 2 is 2.12 bits per heavy atom. The molecule has 0 saturated carbocycles. The minimum atomic E-state index is -4.44. The zero-order valence-electron chi connectivity index (χ0n) is 8.33. The summed E-state index contributed by atoms with van der Waals surface area (Å²) in [5.74, 6) is -0.322. The van der Waals surface area contributed by atoms with Gasteiger partial charge in [-0.05, 0) is 12.1 Å². The molecule has 0 aliphatic rings. The van der Waals surface area contributed by atoms with Gasteiger partial charge in [-0.2, -0.15) is 13.2 Å². The van der Waals surface area contributed by atoms with Crippen LogP contribution in [0.2, 0.25) is 0 Å². The molecule has 90 valence electrons. The van der Waals surface area contributed by atoms with Crippen molar-refractivity contribution in [1.82, 2.24) is 9.38 Å². The SMILES string of the molecule is O=C(CBr)c1cnc2ccc(C(F)(F)F)cn12. The number of alkyl halides is 4. The minimum Gasteiger partial charge on any atom is -0.296 e. The largest absolute Gasteiger partial charge is 0.417 e. The van der Waals surface area contributed by atoms with Crippen LogP contribution in [0.25, 0.3) is 5.65 Å². The van der Waals surface area contributed by atoms with Crippen LogP contribution in [0.15, 0.2) is 24.5 Å². The molecule has 0 N–H and O–H groups in total. The number of carbonyl (C=O) groups is 1. The summed E-state index contributed by atoms with van der Waals surface area (Å²) in [6, 6.07) is 2.17. The van der Waals surface area contributed by atoms with Crippen molar-refractivity contribution in [2.45, 2.75) is 6.18 Å². The van der Waals surface area contributed by atoms with E-state index in [1.54, 1.807) is 0 Å². The molecule has 0 aliphatic carbocycles. The maximum atomic E-state index is 12.5. The summed E-state index contributed by atoms with van der Waals surface area (Å²) in [6.45, 7) is 0. The monoisotopic (exact) mass is 306 g/mol. The third-order valence-corrected chi connectivity index (χ3v) is 2.75. The standard InChI is InChI=1S/C10H6BrF3N2O/c11-3-8(17)7-4-15-9-2-1-6(5-16(7)9)10(12,13)14/h1-2,4-5H,3H2. The first-order chi connectivity index (χ1) is 7.93. The van der Waals surface area contributed by atoms with E-state index in [1.165, 1.54) is 12.3 Å². The molecule has 0 spiro atoms. The molecule has 0 unspecified atom stereocenters. The topological polar surface area (TPSA) is 34.4 Å². The van der Waals surface area contributed by atoms with Crippen molar-refractivity contribution in [2.24, 2.45) is 0 Å². The second-order valence-electron chi connectivity index (χ2n) is 3.34. The molecule has 0 aliphatic heterocycles.